The molecule has 0 aromatic carbocycles. The number of carboxylic acids is 1. The first-order valence-electron chi connectivity index (χ1n) is 6.72. The van der Waals surface area contributed by atoms with E-state index in [2.05, 4.69) is 0 Å². The van der Waals surface area contributed by atoms with Gasteiger partial charge >= 0.3 is 5.97 Å². The number of carbonyl (C=O) groups excluding carboxylic acids is 1. The van der Waals surface area contributed by atoms with Gasteiger partial charge in [-0.15, -0.1) is 0 Å². The largest absolute Gasteiger partial charge is 0.480 e. The number of hydrogen-bond donors (Lipinski definition) is 2. The lowest BCUT2D eigenvalue weighted by Crippen LogP contribution is -2.51. The molecule has 5 nitrogen and oxygen atoms in total. The maximum absolute atomic E-state index is 12.2. The zero-order chi connectivity index (χ0) is 13.7. The number of likely N-dealkylation sites (tertiary alicyclic amines) is 1. The first kappa shape index (κ1) is 15.0. The van der Waals surface area contributed by atoms with Gasteiger partial charge in [-0.05, 0) is 25.2 Å². The molecule has 0 saturated carbocycles. The van der Waals surface area contributed by atoms with Gasteiger partial charge in [0.05, 0.1) is 6.04 Å². The average Bonchev–Trinajstić information content (AvgIpc) is 2.52. The standard InChI is InChI=1S/C13H24N2O3/c1-9(2)8-10(14)12(16)15-7-5-3-4-6-11(15)13(17)18/h9-11H,3-8,14H2,1-2H3,(H,17,18)/t10-,11?/m1/s1. The summed E-state index contributed by atoms with van der Waals surface area (Å²) >= 11 is 0. The zero-order valence-electron chi connectivity index (χ0n) is 11.3. The highest BCUT2D eigenvalue weighted by molar-refractivity contribution is 5.87. The van der Waals surface area contributed by atoms with Crippen molar-refractivity contribution >= 4 is 11.9 Å². The Morgan fingerprint density at radius 1 is 1.33 bits per heavy atom. The second-order valence-corrected chi connectivity index (χ2v) is 5.47. The van der Waals surface area contributed by atoms with Gasteiger partial charge < -0.3 is 15.7 Å². The van der Waals surface area contributed by atoms with E-state index in [-0.39, 0.29) is 5.91 Å². The van der Waals surface area contributed by atoms with Gasteiger partial charge in [0.2, 0.25) is 5.91 Å². The molecule has 0 aliphatic carbocycles. The van der Waals surface area contributed by atoms with E-state index in [4.69, 9.17) is 5.73 Å². The fraction of sp³-hybridized carbons (Fsp3) is 0.846. The average molecular weight is 256 g/mol. The van der Waals surface area contributed by atoms with E-state index in [1.54, 1.807) is 0 Å². The number of nitrogens with two attached hydrogens (primary N) is 1. The van der Waals surface area contributed by atoms with Crippen LogP contribution >= 0.6 is 0 Å². The van der Waals surface area contributed by atoms with Gasteiger partial charge in [-0.25, -0.2) is 4.79 Å². The second-order valence-electron chi connectivity index (χ2n) is 5.47. The molecule has 1 heterocycles. The third-order valence-corrected chi connectivity index (χ3v) is 3.36. The summed E-state index contributed by atoms with van der Waals surface area (Å²) < 4.78 is 0. The molecule has 0 bridgehead atoms. The topological polar surface area (TPSA) is 83.6 Å². The molecule has 1 aliphatic heterocycles. The van der Waals surface area contributed by atoms with E-state index in [1.807, 2.05) is 13.8 Å². The summed E-state index contributed by atoms with van der Waals surface area (Å²) in [6.07, 6.45) is 3.84. The lowest BCUT2D eigenvalue weighted by atomic mass is 10.0. The summed E-state index contributed by atoms with van der Waals surface area (Å²) in [5.41, 5.74) is 5.88. The van der Waals surface area contributed by atoms with Crippen LogP contribution in [0.1, 0.15) is 46.0 Å². The van der Waals surface area contributed by atoms with Crippen molar-refractivity contribution in [2.24, 2.45) is 11.7 Å². The van der Waals surface area contributed by atoms with Gasteiger partial charge in [-0.3, -0.25) is 4.79 Å². The molecule has 0 spiro atoms. The zero-order valence-corrected chi connectivity index (χ0v) is 11.3. The Morgan fingerprint density at radius 3 is 2.56 bits per heavy atom. The number of aliphatic carboxylic acids is 1. The summed E-state index contributed by atoms with van der Waals surface area (Å²) in [5.74, 6) is -0.792. The Kier molecular flexibility index (Phi) is 5.59. The minimum atomic E-state index is -0.915. The molecule has 1 fully saturated rings. The molecular formula is C13H24N2O3. The minimum Gasteiger partial charge on any atom is -0.480 e. The number of rotatable bonds is 4. The van der Waals surface area contributed by atoms with Gasteiger partial charge in [0.15, 0.2) is 0 Å². The predicted molar refractivity (Wildman–Crippen MR) is 69.0 cm³/mol. The van der Waals surface area contributed by atoms with Gasteiger partial charge in [-0.2, -0.15) is 0 Å². The van der Waals surface area contributed by atoms with Crippen LogP contribution in [-0.2, 0) is 9.59 Å². The van der Waals surface area contributed by atoms with Crippen LogP contribution in [0.25, 0.3) is 0 Å². The van der Waals surface area contributed by atoms with Crippen molar-refractivity contribution in [3.63, 3.8) is 0 Å². The quantitative estimate of drug-likeness (QED) is 0.792. The maximum atomic E-state index is 12.2. The molecule has 2 atom stereocenters. The van der Waals surface area contributed by atoms with Crippen LogP contribution < -0.4 is 5.73 Å². The number of carboxylic acid groups (broad SMARTS) is 1. The third-order valence-electron chi connectivity index (χ3n) is 3.36. The molecule has 1 rings (SSSR count). The van der Waals surface area contributed by atoms with Crippen molar-refractivity contribution in [1.82, 2.24) is 4.90 Å². The van der Waals surface area contributed by atoms with Gasteiger partial charge in [0.1, 0.15) is 6.04 Å². The summed E-state index contributed by atoms with van der Waals surface area (Å²) in [4.78, 5) is 24.9. The molecule has 1 saturated heterocycles. The van der Waals surface area contributed by atoms with Crippen LogP contribution in [-0.4, -0.2) is 40.5 Å². The molecule has 1 unspecified atom stereocenters. The Morgan fingerprint density at radius 2 is 2.00 bits per heavy atom. The number of hydrogen-bond acceptors (Lipinski definition) is 3. The Balaban J connectivity index is 2.75. The summed E-state index contributed by atoms with van der Waals surface area (Å²) in [5, 5.41) is 9.21. The summed E-state index contributed by atoms with van der Waals surface area (Å²) in [7, 11) is 0. The molecule has 104 valence electrons. The van der Waals surface area contributed by atoms with Crippen LogP contribution in [0.2, 0.25) is 0 Å². The lowest BCUT2D eigenvalue weighted by Gasteiger charge is -2.29. The van der Waals surface area contributed by atoms with Crippen LogP contribution in [0.4, 0.5) is 0 Å². The van der Waals surface area contributed by atoms with Gasteiger partial charge in [0.25, 0.3) is 0 Å². The molecule has 1 amide bonds. The molecule has 0 radical (unpaired) electrons. The van der Waals surface area contributed by atoms with E-state index in [9.17, 15) is 14.7 Å². The highest BCUT2D eigenvalue weighted by Gasteiger charge is 2.33. The van der Waals surface area contributed by atoms with Crippen molar-refractivity contribution in [2.45, 2.75) is 58.0 Å². The summed E-state index contributed by atoms with van der Waals surface area (Å²) in [6.45, 7) is 4.52. The number of carbonyl (C=O) groups is 2. The van der Waals surface area contributed by atoms with Gasteiger partial charge in [-0.1, -0.05) is 26.7 Å². The maximum Gasteiger partial charge on any atom is 0.326 e. The van der Waals surface area contributed by atoms with Crippen molar-refractivity contribution in [1.29, 1.82) is 0 Å². The smallest absolute Gasteiger partial charge is 0.326 e. The minimum absolute atomic E-state index is 0.210. The van der Waals surface area contributed by atoms with E-state index in [0.717, 1.165) is 19.3 Å². The van der Waals surface area contributed by atoms with Crippen LogP contribution in [0.3, 0.4) is 0 Å². The normalized spacial score (nSPS) is 22.7. The highest BCUT2D eigenvalue weighted by atomic mass is 16.4. The van der Waals surface area contributed by atoms with E-state index in [1.165, 1.54) is 4.90 Å². The van der Waals surface area contributed by atoms with Crippen LogP contribution in [0.15, 0.2) is 0 Å². The molecule has 3 N–H and O–H groups in total. The number of amides is 1. The lowest BCUT2D eigenvalue weighted by molar-refractivity contribution is -0.150. The van der Waals surface area contributed by atoms with Crippen LogP contribution in [0.5, 0.6) is 0 Å². The molecule has 1 aliphatic rings. The summed E-state index contributed by atoms with van der Waals surface area (Å²) in [6, 6.07) is -1.27. The first-order chi connectivity index (χ1) is 8.43. The third kappa shape index (κ3) is 3.98. The van der Waals surface area contributed by atoms with E-state index < -0.39 is 18.1 Å². The van der Waals surface area contributed by atoms with Crippen molar-refractivity contribution < 1.29 is 14.7 Å². The van der Waals surface area contributed by atoms with Crippen molar-refractivity contribution in [3.05, 3.63) is 0 Å². The van der Waals surface area contributed by atoms with Gasteiger partial charge in [0, 0.05) is 6.54 Å². The van der Waals surface area contributed by atoms with Crippen molar-refractivity contribution in [2.75, 3.05) is 6.54 Å². The Labute approximate surface area is 108 Å². The van der Waals surface area contributed by atoms with Crippen LogP contribution in [0, 0.1) is 5.92 Å². The molecule has 0 aromatic rings. The fourth-order valence-corrected chi connectivity index (χ4v) is 2.45. The monoisotopic (exact) mass is 256 g/mol. The molecule has 18 heavy (non-hydrogen) atoms. The first-order valence-corrected chi connectivity index (χ1v) is 6.72. The Bertz CT molecular complexity index is 305. The predicted octanol–water partition coefficient (Wildman–Crippen LogP) is 1.22. The SMILES string of the molecule is CC(C)C[C@@H](N)C(=O)N1CCCCCC1C(=O)O. The van der Waals surface area contributed by atoms with E-state index in [0.29, 0.717) is 25.3 Å². The molecule has 0 aromatic heterocycles. The second kappa shape index (κ2) is 6.73. The van der Waals surface area contributed by atoms with Crippen molar-refractivity contribution in [3.8, 4) is 0 Å². The molecular weight excluding hydrogens is 232 g/mol. The highest BCUT2D eigenvalue weighted by Crippen LogP contribution is 2.19. The van der Waals surface area contributed by atoms with E-state index >= 15 is 0 Å². The number of nitrogens with zero attached hydrogens (tertiary/aromatic N) is 1. The molecule has 5 heteroatoms. The Hall–Kier alpha value is -1.10. The fourth-order valence-electron chi connectivity index (χ4n) is 2.45.